The summed E-state index contributed by atoms with van der Waals surface area (Å²) in [6.07, 6.45) is 2.49. The highest BCUT2D eigenvalue weighted by Crippen LogP contribution is 2.34. The van der Waals surface area contributed by atoms with E-state index in [-0.39, 0.29) is 0 Å². The van der Waals surface area contributed by atoms with Crippen LogP contribution in [-0.2, 0) is 0 Å². The van der Waals surface area contributed by atoms with Crippen LogP contribution in [0.4, 0.5) is 0 Å². The third-order valence-electron chi connectivity index (χ3n) is 2.73. The monoisotopic (exact) mass is 282 g/mol. The van der Waals surface area contributed by atoms with E-state index >= 15 is 0 Å². The van der Waals surface area contributed by atoms with E-state index < -0.39 is 0 Å². The van der Waals surface area contributed by atoms with E-state index in [0.717, 1.165) is 5.92 Å². The van der Waals surface area contributed by atoms with Crippen LogP contribution < -0.4 is 0 Å². The highest BCUT2D eigenvalue weighted by Gasteiger charge is 2.18. The summed E-state index contributed by atoms with van der Waals surface area (Å²) in [6, 6.07) is 10.7. The predicted octanol–water partition coefficient (Wildman–Crippen LogP) is 5.59. The molecule has 0 aliphatic carbocycles. The normalized spacial score (nSPS) is 15.8. The summed E-state index contributed by atoms with van der Waals surface area (Å²) in [6.45, 7) is 9.29. The second-order valence-corrected chi connectivity index (χ2v) is 7.09. The zero-order valence-corrected chi connectivity index (χ0v) is 12.4. The first-order chi connectivity index (χ1) is 7.38. The second kappa shape index (κ2) is 5.86. The minimum Gasteiger partial charge on any atom is -0.0839 e. The first kappa shape index (κ1) is 13.8. The Hall–Kier alpha value is -0.300. The van der Waals surface area contributed by atoms with Gasteiger partial charge in [0.25, 0.3) is 0 Å². The highest BCUT2D eigenvalue weighted by molar-refractivity contribution is 9.09. The van der Waals surface area contributed by atoms with Crippen LogP contribution in [0.5, 0.6) is 0 Å². The fourth-order valence-electron chi connectivity index (χ4n) is 2.28. The van der Waals surface area contributed by atoms with Crippen molar-refractivity contribution in [1.82, 2.24) is 0 Å². The second-order valence-electron chi connectivity index (χ2n) is 5.98. The van der Waals surface area contributed by atoms with Crippen molar-refractivity contribution < 1.29 is 0 Å². The maximum atomic E-state index is 3.79. The zero-order valence-electron chi connectivity index (χ0n) is 10.8. The van der Waals surface area contributed by atoms with Crippen LogP contribution >= 0.6 is 15.9 Å². The maximum Gasteiger partial charge on any atom is 0.0397 e. The molecule has 2 atom stereocenters. The van der Waals surface area contributed by atoms with Crippen LogP contribution in [0.3, 0.4) is 0 Å². The summed E-state index contributed by atoms with van der Waals surface area (Å²) in [5, 5.41) is 0. The summed E-state index contributed by atoms with van der Waals surface area (Å²) >= 11 is 3.79. The average Bonchev–Trinajstić information content (AvgIpc) is 2.16. The molecule has 90 valence electrons. The van der Waals surface area contributed by atoms with Gasteiger partial charge < -0.3 is 0 Å². The lowest BCUT2D eigenvalue weighted by Crippen LogP contribution is -2.12. The van der Waals surface area contributed by atoms with Gasteiger partial charge in [-0.25, -0.2) is 0 Å². The molecule has 0 saturated carbocycles. The van der Waals surface area contributed by atoms with Gasteiger partial charge in [0.15, 0.2) is 0 Å². The van der Waals surface area contributed by atoms with Gasteiger partial charge in [-0.2, -0.15) is 0 Å². The molecule has 16 heavy (non-hydrogen) atoms. The molecular weight excluding hydrogens is 260 g/mol. The van der Waals surface area contributed by atoms with E-state index in [1.807, 2.05) is 0 Å². The van der Waals surface area contributed by atoms with Crippen molar-refractivity contribution in [2.75, 3.05) is 0 Å². The molecule has 0 radical (unpaired) electrons. The Morgan fingerprint density at radius 1 is 1.12 bits per heavy atom. The summed E-state index contributed by atoms with van der Waals surface area (Å²) < 4.78 is 0. The molecule has 1 rings (SSSR count). The van der Waals surface area contributed by atoms with Crippen molar-refractivity contribution >= 4 is 15.9 Å². The smallest absolute Gasteiger partial charge is 0.0397 e. The molecule has 0 saturated heterocycles. The van der Waals surface area contributed by atoms with Crippen LogP contribution in [0.25, 0.3) is 0 Å². The minimum absolute atomic E-state index is 0.433. The van der Waals surface area contributed by atoms with Crippen LogP contribution in [0.1, 0.15) is 50.9 Å². The van der Waals surface area contributed by atoms with Crippen LogP contribution in [0.15, 0.2) is 30.3 Å². The Balaban J connectivity index is 2.49. The summed E-state index contributed by atoms with van der Waals surface area (Å²) in [5.74, 6) is 0.754. The Kier molecular flexibility index (Phi) is 5.04. The molecule has 0 spiro atoms. The Labute approximate surface area is 109 Å². The molecule has 0 fully saturated rings. The third-order valence-corrected chi connectivity index (χ3v) is 3.63. The first-order valence-corrected chi connectivity index (χ1v) is 6.99. The van der Waals surface area contributed by atoms with Gasteiger partial charge in [-0.1, -0.05) is 74.0 Å². The maximum absolute atomic E-state index is 3.79. The molecule has 2 unspecified atom stereocenters. The Morgan fingerprint density at radius 2 is 1.69 bits per heavy atom. The summed E-state index contributed by atoms with van der Waals surface area (Å²) in [7, 11) is 0. The first-order valence-electron chi connectivity index (χ1n) is 6.07. The van der Waals surface area contributed by atoms with Gasteiger partial charge in [-0.05, 0) is 29.7 Å². The zero-order chi connectivity index (χ0) is 12.2. The molecular formula is C15H23Br. The van der Waals surface area contributed by atoms with Crippen molar-refractivity contribution in [3.8, 4) is 0 Å². The molecule has 0 aliphatic rings. The largest absolute Gasteiger partial charge is 0.0839 e. The van der Waals surface area contributed by atoms with E-state index in [9.17, 15) is 0 Å². The number of halogens is 1. The molecule has 0 N–H and O–H groups in total. The lowest BCUT2D eigenvalue weighted by molar-refractivity contribution is 0.296. The van der Waals surface area contributed by atoms with E-state index in [2.05, 4.69) is 74.0 Å². The van der Waals surface area contributed by atoms with Gasteiger partial charge in [-0.15, -0.1) is 0 Å². The quantitative estimate of drug-likeness (QED) is 0.632. The number of hydrogen-bond donors (Lipinski definition) is 0. The number of hydrogen-bond acceptors (Lipinski definition) is 0. The van der Waals surface area contributed by atoms with Gasteiger partial charge >= 0.3 is 0 Å². The van der Waals surface area contributed by atoms with Gasteiger partial charge in [0, 0.05) is 4.83 Å². The SMILES string of the molecule is CC(CC(Br)c1ccccc1)CC(C)(C)C. The number of rotatable bonds is 4. The minimum atomic E-state index is 0.433. The van der Waals surface area contributed by atoms with Crippen LogP contribution in [-0.4, -0.2) is 0 Å². The molecule has 0 aromatic heterocycles. The summed E-state index contributed by atoms with van der Waals surface area (Å²) in [5.41, 5.74) is 1.83. The average molecular weight is 283 g/mol. The van der Waals surface area contributed by atoms with Crippen molar-refractivity contribution in [1.29, 1.82) is 0 Å². The lowest BCUT2D eigenvalue weighted by atomic mass is 9.83. The number of alkyl halides is 1. The topological polar surface area (TPSA) is 0 Å². The van der Waals surface area contributed by atoms with Crippen molar-refractivity contribution in [3.05, 3.63) is 35.9 Å². The van der Waals surface area contributed by atoms with Crippen LogP contribution in [0.2, 0.25) is 0 Å². The van der Waals surface area contributed by atoms with Gasteiger partial charge in [0.05, 0.1) is 0 Å². The van der Waals surface area contributed by atoms with Crippen molar-refractivity contribution in [3.63, 3.8) is 0 Å². The number of benzene rings is 1. The lowest BCUT2D eigenvalue weighted by Gasteiger charge is -2.24. The van der Waals surface area contributed by atoms with Crippen LogP contribution in [0, 0.1) is 11.3 Å². The van der Waals surface area contributed by atoms with E-state index in [0.29, 0.717) is 10.2 Å². The van der Waals surface area contributed by atoms with E-state index in [1.165, 1.54) is 18.4 Å². The van der Waals surface area contributed by atoms with Crippen molar-refractivity contribution in [2.24, 2.45) is 11.3 Å². The van der Waals surface area contributed by atoms with Gasteiger partial charge in [0.1, 0.15) is 0 Å². The predicted molar refractivity (Wildman–Crippen MR) is 76.0 cm³/mol. The third kappa shape index (κ3) is 5.16. The molecule has 1 heteroatoms. The Morgan fingerprint density at radius 3 is 2.19 bits per heavy atom. The highest BCUT2D eigenvalue weighted by atomic mass is 79.9. The fourth-order valence-corrected chi connectivity index (χ4v) is 3.22. The standard InChI is InChI=1S/C15H23Br/c1-12(11-15(2,3)4)10-14(16)13-8-6-5-7-9-13/h5-9,12,14H,10-11H2,1-4H3. The fraction of sp³-hybridized carbons (Fsp3) is 0.600. The van der Waals surface area contributed by atoms with E-state index in [4.69, 9.17) is 0 Å². The van der Waals surface area contributed by atoms with Gasteiger partial charge in [0.2, 0.25) is 0 Å². The molecule has 1 aromatic carbocycles. The molecule has 0 bridgehead atoms. The Bertz CT molecular complexity index is 297. The molecule has 0 amide bonds. The molecule has 0 aliphatic heterocycles. The van der Waals surface area contributed by atoms with Crippen molar-refractivity contribution in [2.45, 2.75) is 45.4 Å². The molecule has 0 heterocycles. The molecule has 1 aromatic rings. The van der Waals surface area contributed by atoms with Gasteiger partial charge in [-0.3, -0.25) is 0 Å². The molecule has 0 nitrogen and oxygen atoms in total. The van der Waals surface area contributed by atoms with E-state index in [1.54, 1.807) is 0 Å². The summed E-state index contributed by atoms with van der Waals surface area (Å²) in [4.78, 5) is 0.492.